The van der Waals surface area contributed by atoms with Crippen molar-refractivity contribution in [1.82, 2.24) is 9.80 Å². The molecule has 0 aromatic heterocycles. The molecule has 1 saturated heterocycles. The molecule has 0 aliphatic carbocycles. The third-order valence-corrected chi connectivity index (χ3v) is 5.53. The predicted octanol–water partition coefficient (Wildman–Crippen LogP) is 1.32. The first-order chi connectivity index (χ1) is 9.73. The number of carbonyl (C=O) groups is 1. The molecule has 1 heterocycles. The SMILES string of the molecule is [CH2-]CN(C[CH2-])CCCC(=O)N1CCC(C)(C(C)(C)C)CC1.[CH3-].[CH3-].[Na+]. The summed E-state index contributed by atoms with van der Waals surface area (Å²) in [6.07, 6.45) is 3.80. The van der Waals surface area contributed by atoms with Crippen molar-refractivity contribution < 1.29 is 34.4 Å². The summed E-state index contributed by atoms with van der Waals surface area (Å²) in [5.74, 6) is 0.319. The summed E-state index contributed by atoms with van der Waals surface area (Å²) in [6.45, 7) is 21.4. The van der Waals surface area contributed by atoms with Crippen LogP contribution in [0.4, 0.5) is 0 Å². The zero-order chi connectivity index (χ0) is 16.1. The topological polar surface area (TPSA) is 23.6 Å². The number of rotatable bonds is 6. The first-order valence-corrected chi connectivity index (χ1v) is 8.32. The Labute approximate surface area is 175 Å². The maximum absolute atomic E-state index is 12.3. The van der Waals surface area contributed by atoms with Gasteiger partial charge in [-0.25, -0.2) is 0 Å². The molecule has 4 heteroatoms. The smallest absolute Gasteiger partial charge is 0.363 e. The van der Waals surface area contributed by atoms with Crippen LogP contribution in [0.15, 0.2) is 0 Å². The van der Waals surface area contributed by atoms with E-state index in [4.69, 9.17) is 0 Å². The number of hydrogen-bond donors (Lipinski definition) is 0. The zero-order valence-electron chi connectivity index (χ0n) is 17.6. The average molecular weight is 348 g/mol. The molecular formula is C20H40N2NaO-3. The van der Waals surface area contributed by atoms with Crippen LogP contribution in [0, 0.1) is 39.5 Å². The average Bonchev–Trinajstić information content (AvgIpc) is 2.43. The molecule has 24 heavy (non-hydrogen) atoms. The first kappa shape index (κ1) is 29.2. The van der Waals surface area contributed by atoms with Crippen LogP contribution in [0.5, 0.6) is 0 Å². The molecule has 1 aliphatic heterocycles. The standard InChI is InChI=1S/C18H34N2O.2CH3.Na/c1-7-19(8-2)13-9-10-16(21)20-14-11-18(6,12-15-20)17(3,4)5;;;/h1-2,7-15H2,3-6H3;2*1H3;/q-2;2*-1;+1. The second-order valence-electron chi connectivity index (χ2n) is 7.64. The van der Waals surface area contributed by atoms with Gasteiger partial charge in [0, 0.05) is 19.5 Å². The van der Waals surface area contributed by atoms with Gasteiger partial charge in [-0.1, -0.05) is 27.7 Å². The number of piperidine rings is 1. The van der Waals surface area contributed by atoms with E-state index in [-0.39, 0.29) is 44.4 Å². The maximum Gasteiger partial charge on any atom is 1.00 e. The molecule has 0 aromatic carbocycles. The largest absolute Gasteiger partial charge is 1.00 e. The zero-order valence-corrected chi connectivity index (χ0v) is 19.6. The van der Waals surface area contributed by atoms with Crippen molar-refractivity contribution in [2.45, 2.75) is 53.4 Å². The monoisotopic (exact) mass is 347 g/mol. The minimum atomic E-state index is 0. The molecule has 1 rings (SSSR count). The third kappa shape index (κ3) is 8.21. The molecule has 0 aromatic rings. The van der Waals surface area contributed by atoms with E-state index in [9.17, 15) is 4.79 Å². The fourth-order valence-electron chi connectivity index (χ4n) is 2.95. The minimum absolute atomic E-state index is 0. The summed E-state index contributed by atoms with van der Waals surface area (Å²) in [7, 11) is 0. The van der Waals surface area contributed by atoms with Crippen LogP contribution in [0.2, 0.25) is 0 Å². The summed E-state index contributed by atoms with van der Waals surface area (Å²) < 4.78 is 0. The van der Waals surface area contributed by atoms with Crippen molar-refractivity contribution in [3.63, 3.8) is 0 Å². The van der Waals surface area contributed by atoms with Crippen molar-refractivity contribution >= 4 is 5.91 Å². The molecule has 140 valence electrons. The van der Waals surface area contributed by atoms with Crippen LogP contribution < -0.4 is 29.6 Å². The molecule has 0 atom stereocenters. The molecule has 1 fully saturated rings. The summed E-state index contributed by atoms with van der Waals surface area (Å²) in [5.41, 5.74) is 0.660. The maximum atomic E-state index is 12.3. The molecule has 0 spiro atoms. The summed E-state index contributed by atoms with van der Waals surface area (Å²) in [6, 6.07) is 0. The Morgan fingerprint density at radius 1 is 1.12 bits per heavy atom. The Hall–Kier alpha value is 0.430. The minimum Gasteiger partial charge on any atom is -0.363 e. The molecule has 1 aliphatic rings. The number of amides is 1. The van der Waals surface area contributed by atoms with Crippen LogP contribution >= 0.6 is 0 Å². The molecular weight excluding hydrogens is 307 g/mol. The van der Waals surface area contributed by atoms with Gasteiger partial charge in [0.05, 0.1) is 0 Å². The van der Waals surface area contributed by atoms with E-state index >= 15 is 0 Å². The van der Waals surface area contributed by atoms with Crippen LogP contribution in [0.1, 0.15) is 53.4 Å². The van der Waals surface area contributed by atoms with E-state index in [1.807, 2.05) is 0 Å². The number of carbonyl (C=O) groups excluding carboxylic acids is 1. The second kappa shape index (κ2) is 12.7. The molecule has 1 amide bonds. The molecule has 3 nitrogen and oxygen atoms in total. The molecule has 0 bridgehead atoms. The van der Waals surface area contributed by atoms with E-state index < -0.39 is 0 Å². The van der Waals surface area contributed by atoms with Gasteiger partial charge >= 0.3 is 29.6 Å². The van der Waals surface area contributed by atoms with Gasteiger partial charge in [-0.3, -0.25) is 4.79 Å². The first-order valence-electron chi connectivity index (χ1n) is 8.32. The Kier molecular flexibility index (Phi) is 15.5. The number of hydrogen-bond acceptors (Lipinski definition) is 2. The quantitative estimate of drug-likeness (QED) is 0.534. The van der Waals surface area contributed by atoms with E-state index in [1.165, 1.54) is 0 Å². The van der Waals surface area contributed by atoms with Crippen LogP contribution in [0.25, 0.3) is 0 Å². The Morgan fingerprint density at radius 3 is 1.96 bits per heavy atom. The molecule has 0 radical (unpaired) electrons. The Bertz CT molecular complexity index is 327. The van der Waals surface area contributed by atoms with Gasteiger partial charge in [-0.15, -0.1) is 13.1 Å². The third-order valence-electron chi connectivity index (χ3n) is 5.53. The molecule has 0 saturated carbocycles. The molecule has 0 N–H and O–H groups in total. The van der Waals surface area contributed by atoms with Crippen molar-refractivity contribution in [3.05, 3.63) is 28.7 Å². The Morgan fingerprint density at radius 2 is 1.58 bits per heavy atom. The van der Waals surface area contributed by atoms with Crippen LogP contribution in [-0.2, 0) is 4.79 Å². The normalized spacial score (nSPS) is 16.7. The fourth-order valence-corrected chi connectivity index (χ4v) is 2.95. The van der Waals surface area contributed by atoms with Crippen LogP contribution in [0.3, 0.4) is 0 Å². The van der Waals surface area contributed by atoms with Gasteiger partial charge in [0.2, 0.25) is 5.91 Å². The van der Waals surface area contributed by atoms with Crippen molar-refractivity contribution in [3.8, 4) is 0 Å². The van der Waals surface area contributed by atoms with E-state index in [0.717, 1.165) is 52.0 Å². The van der Waals surface area contributed by atoms with Crippen molar-refractivity contribution in [2.24, 2.45) is 10.8 Å². The Balaban J connectivity index is -0.00000147. The van der Waals surface area contributed by atoms with Gasteiger partial charge in [-0.2, -0.15) is 0 Å². The van der Waals surface area contributed by atoms with Crippen molar-refractivity contribution in [2.75, 3.05) is 32.7 Å². The van der Waals surface area contributed by atoms with Crippen molar-refractivity contribution in [1.29, 1.82) is 0 Å². The summed E-state index contributed by atoms with van der Waals surface area (Å²) in [5, 5.41) is 0. The van der Waals surface area contributed by atoms with Gasteiger partial charge in [0.15, 0.2) is 0 Å². The van der Waals surface area contributed by atoms with Gasteiger partial charge in [-0.05, 0) is 36.6 Å². The second-order valence-corrected chi connectivity index (χ2v) is 7.64. The summed E-state index contributed by atoms with van der Waals surface area (Å²) in [4.78, 5) is 16.5. The summed E-state index contributed by atoms with van der Waals surface area (Å²) >= 11 is 0. The predicted molar refractivity (Wildman–Crippen MR) is 103 cm³/mol. The van der Waals surface area contributed by atoms with Gasteiger partial charge in [0.25, 0.3) is 0 Å². The van der Waals surface area contributed by atoms with Gasteiger partial charge < -0.3 is 38.5 Å². The van der Waals surface area contributed by atoms with Gasteiger partial charge in [0.1, 0.15) is 0 Å². The van der Waals surface area contributed by atoms with E-state index in [2.05, 4.69) is 51.3 Å². The van der Waals surface area contributed by atoms with E-state index in [0.29, 0.717) is 23.2 Å². The fraction of sp³-hybridized carbons (Fsp3) is 0.750. The van der Waals surface area contributed by atoms with E-state index in [1.54, 1.807) is 0 Å². The molecule has 0 unspecified atom stereocenters. The number of likely N-dealkylation sites (tertiary alicyclic amines) is 1. The van der Waals surface area contributed by atoms with Crippen LogP contribution in [-0.4, -0.2) is 48.4 Å². The number of nitrogens with zero attached hydrogens (tertiary/aromatic N) is 2.